The van der Waals surface area contributed by atoms with Crippen molar-refractivity contribution in [1.29, 1.82) is 0 Å². The van der Waals surface area contributed by atoms with E-state index in [1.807, 2.05) is 30.3 Å². The Morgan fingerprint density at radius 1 is 0.853 bits per heavy atom. The number of benzene rings is 3. The van der Waals surface area contributed by atoms with Gasteiger partial charge in [0.1, 0.15) is 11.6 Å². The smallest absolute Gasteiger partial charge is 0.240 e. The molecule has 3 rings (SSSR count). The van der Waals surface area contributed by atoms with Gasteiger partial charge in [0.15, 0.2) is 0 Å². The van der Waals surface area contributed by atoms with Gasteiger partial charge >= 0.3 is 0 Å². The van der Waals surface area contributed by atoms with Crippen molar-refractivity contribution in [3.05, 3.63) is 84.2 Å². The molecule has 0 saturated carbocycles. The van der Waals surface area contributed by atoms with Gasteiger partial charge in [0.05, 0.1) is 11.9 Å². The van der Waals surface area contributed by atoms with E-state index in [4.69, 9.17) is 0 Å². The first-order valence-electron chi connectivity index (χ1n) is 11.3. The van der Waals surface area contributed by atoms with Crippen LogP contribution in [0.5, 0.6) is 5.75 Å². The predicted molar refractivity (Wildman–Crippen MR) is 132 cm³/mol. The van der Waals surface area contributed by atoms with Gasteiger partial charge in [-0.15, -0.1) is 0 Å². The van der Waals surface area contributed by atoms with Gasteiger partial charge in [-0.25, -0.2) is 9.82 Å². The summed E-state index contributed by atoms with van der Waals surface area (Å²) < 4.78 is 14.4. The number of unbranched alkanes of at least 4 members (excludes halogenated alkanes) is 3. The Balaban J connectivity index is 1.30. The molecule has 6 nitrogen and oxygen atoms in total. The van der Waals surface area contributed by atoms with Gasteiger partial charge in [0.25, 0.3) is 0 Å². The molecule has 0 aliphatic rings. The molecular formula is C27H28FN3O3. The first kappa shape index (κ1) is 24.6. The number of para-hydroxylation sites is 2. The van der Waals surface area contributed by atoms with E-state index in [-0.39, 0.29) is 23.4 Å². The average Bonchev–Trinajstić information content (AvgIpc) is 2.83. The topological polar surface area (TPSA) is 90.8 Å². The van der Waals surface area contributed by atoms with E-state index >= 15 is 0 Å². The summed E-state index contributed by atoms with van der Waals surface area (Å²) in [6.07, 6.45) is 5.10. The highest BCUT2D eigenvalue weighted by atomic mass is 19.1. The molecule has 0 aliphatic carbocycles. The minimum Gasteiger partial charge on any atom is -0.506 e. The molecule has 0 aliphatic heterocycles. The van der Waals surface area contributed by atoms with E-state index in [1.54, 1.807) is 30.3 Å². The third kappa shape index (κ3) is 7.85. The number of nitrogens with one attached hydrogen (secondary N) is 2. The third-order valence-electron chi connectivity index (χ3n) is 5.22. The van der Waals surface area contributed by atoms with Crippen LogP contribution in [0.2, 0.25) is 0 Å². The number of nitrogens with zero attached hydrogens (tertiary/aromatic N) is 1. The number of rotatable bonds is 11. The molecule has 2 amide bonds. The van der Waals surface area contributed by atoms with Crippen molar-refractivity contribution < 1.29 is 19.1 Å². The zero-order chi connectivity index (χ0) is 24.2. The number of anilines is 1. The van der Waals surface area contributed by atoms with Gasteiger partial charge in [0, 0.05) is 18.4 Å². The lowest BCUT2D eigenvalue weighted by molar-refractivity contribution is -0.121. The van der Waals surface area contributed by atoms with Gasteiger partial charge in [-0.2, -0.15) is 5.10 Å². The number of halogens is 1. The number of phenols is 1. The Bertz CT molecular complexity index is 1130. The average molecular weight is 462 g/mol. The van der Waals surface area contributed by atoms with Crippen molar-refractivity contribution in [2.45, 2.75) is 38.5 Å². The third-order valence-corrected chi connectivity index (χ3v) is 5.22. The molecule has 0 fully saturated rings. The molecule has 34 heavy (non-hydrogen) atoms. The van der Waals surface area contributed by atoms with E-state index in [9.17, 15) is 19.1 Å². The van der Waals surface area contributed by atoms with Gasteiger partial charge < -0.3 is 10.4 Å². The van der Waals surface area contributed by atoms with Crippen molar-refractivity contribution in [1.82, 2.24) is 5.43 Å². The lowest BCUT2D eigenvalue weighted by Crippen LogP contribution is -2.17. The van der Waals surface area contributed by atoms with Crippen LogP contribution < -0.4 is 10.7 Å². The summed E-state index contributed by atoms with van der Waals surface area (Å²) >= 11 is 0. The number of phenolic OH excluding ortho intramolecular Hbond substituents is 1. The molecule has 3 N–H and O–H groups in total. The normalized spacial score (nSPS) is 10.9. The monoisotopic (exact) mass is 461 g/mol. The minimum absolute atomic E-state index is 0.0406. The molecule has 0 saturated heterocycles. The Morgan fingerprint density at radius 2 is 1.53 bits per heavy atom. The second kappa shape index (κ2) is 12.9. The molecular weight excluding hydrogens is 433 g/mol. The molecule has 0 bridgehead atoms. The highest BCUT2D eigenvalue weighted by Gasteiger charge is 2.07. The number of aromatic hydroxyl groups is 1. The SMILES string of the molecule is O=C(CCCCCCC(=O)Nc1ccccc1O)N/N=C/c1ccc(-c2ccccc2)c(F)c1. The van der Waals surface area contributed by atoms with Crippen molar-refractivity contribution in [3.63, 3.8) is 0 Å². The first-order chi connectivity index (χ1) is 16.5. The van der Waals surface area contributed by atoms with E-state index < -0.39 is 0 Å². The maximum atomic E-state index is 14.4. The molecule has 0 heterocycles. The summed E-state index contributed by atoms with van der Waals surface area (Å²) in [5.74, 6) is -0.675. The van der Waals surface area contributed by atoms with Crippen LogP contribution in [0.15, 0.2) is 77.9 Å². The Kier molecular flexibility index (Phi) is 9.34. The van der Waals surface area contributed by atoms with Crippen LogP contribution in [0.25, 0.3) is 11.1 Å². The number of hydrogen-bond acceptors (Lipinski definition) is 4. The summed E-state index contributed by atoms with van der Waals surface area (Å²) in [5, 5.41) is 16.3. The number of hydrogen-bond donors (Lipinski definition) is 3. The molecule has 176 valence electrons. The first-order valence-corrected chi connectivity index (χ1v) is 11.3. The fraction of sp³-hybridized carbons (Fsp3) is 0.222. The van der Waals surface area contributed by atoms with Gasteiger partial charge in [-0.05, 0) is 42.2 Å². The highest BCUT2D eigenvalue weighted by Crippen LogP contribution is 2.23. The summed E-state index contributed by atoms with van der Waals surface area (Å²) in [7, 11) is 0. The second-order valence-electron chi connectivity index (χ2n) is 7.88. The maximum absolute atomic E-state index is 14.4. The Morgan fingerprint density at radius 3 is 2.24 bits per heavy atom. The number of carbonyl (C=O) groups is 2. The maximum Gasteiger partial charge on any atom is 0.240 e. The van der Waals surface area contributed by atoms with Gasteiger partial charge in [0.2, 0.25) is 11.8 Å². The summed E-state index contributed by atoms with van der Waals surface area (Å²) in [5.41, 5.74) is 4.73. The minimum atomic E-state index is -0.351. The summed E-state index contributed by atoms with van der Waals surface area (Å²) in [6.45, 7) is 0. The number of carbonyl (C=O) groups excluding carboxylic acids is 2. The molecule has 0 aromatic heterocycles. The molecule has 0 spiro atoms. The Labute approximate surface area is 198 Å². The van der Waals surface area contributed by atoms with Crippen LogP contribution >= 0.6 is 0 Å². The standard InChI is InChI=1S/C27H28FN3O3/c28-23-18-20(16-17-22(23)21-10-4-3-5-11-21)19-29-31-27(34)15-7-2-1-6-14-26(33)30-24-12-8-9-13-25(24)32/h3-5,8-13,16-19,32H,1-2,6-7,14-15H2,(H,30,33)(H,31,34)/b29-19+. The van der Waals surface area contributed by atoms with Crippen LogP contribution in [-0.4, -0.2) is 23.1 Å². The predicted octanol–water partition coefficient (Wildman–Crippen LogP) is 5.63. The summed E-state index contributed by atoms with van der Waals surface area (Å²) in [4.78, 5) is 23.9. The second-order valence-corrected chi connectivity index (χ2v) is 7.88. The van der Waals surface area contributed by atoms with Crippen LogP contribution in [-0.2, 0) is 9.59 Å². The van der Waals surface area contributed by atoms with Crippen molar-refractivity contribution in [2.75, 3.05) is 5.32 Å². The van der Waals surface area contributed by atoms with E-state index in [0.717, 1.165) is 18.4 Å². The molecule has 0 radical (unpaired) electrons. The van der Waals surface area contributed by atoms with E-state index in [2.05, 4.69) is 15.8 Å². The lowest BCUT2D eigenvalue weighted by atomic mass is 10.0. The van der Waals surface area contributed by atoms with E-state index in [0.29, 0.717) is 42.5 Å². The van der Waals surface area contributed by atoms with Crippen molar-refractivity contribution >= 4 is 23.7 Å². The fourth-order valence-corrected chi connectivity index (χ4v) is 3.41. The summed E-state index contributed by atoms with van der Waals surface area (Å²) in [6, 6.07) is 20.7. The zero-order valence-corrected chi connectivity index (χ0v) is 18.8. The lowest BCUT2D eigenvalue weighted by Gasteiger charge is -2.06. The van der Waals surface area contributed by atoms with Crippen LogP contribution in [0.4, 0.5) is 10.1 Å². The Hall–Kier alpha value is -4.00. The number of amides is 2. The van der Waals surface area contributed by atoms with Crippen LogP contribution in [0.3, 0.4) is 0 Å². The molecule has 0 atom stereocenters. The highest BCUT2D eigenvalue weighted by molar-refractivity contribution is 5.92. The van der Waals surface area contributed by atoms with Gasteiger partial charge in [-0.1, -0.05) is 67.4 Å². The number of hydrazone groups is 1. The van der Waals surface area contributed by atoms with Crippen molar-refractivity contribution in [2.24, 2.45) is 5.10 Å². The molecule has 7 heteroatoms. The van der Waals surface area contributed by atoms with E-state index in [1.165, 1.54) is 18.3 Å². The fourth-order valence-electron chi connectivity index (χ4n) is 3.41. The van der Waals surface area contributed by atoms with Crippen LogP contribution in [0, 0.1) is 5.82 Å². The molecule has 3 aromatic rings. The largest absolute Gasteiger partial charge is 0.506 e. The molecule has 0 unspecified atom stereocenters. The van der Waals surface area contributed by atoms with Gasteiger partial charge in [-0.3, -0.25) is 9.59 Å². The quantitative estimate of drug-likeness (QED) is 0.150. The molecule has 3 aromatic carbocycles. The van der Waals surface area contributed by atoms with Crippen LogP contribution in [0.1, 0.15) is 44.1 Å². The van der Waals surface area contributed by atoms with Crippen molar-refractivity contribution in [3.8, 4) is 16.9 Å². The zero-order valence-electron chi connectivity index (χ0n) is 18.8.